The van der Waals surface area contributed by atoms with E-state index in [1.165, 1.54) is 4.90 Å². The quantitative estimate of drug-likeness (QED) is 0.540. The lowest BCUT2D eigenvalue weighted by Gasteiger charge is -2.24. The van der Waals surface area contributed by atoms with E-state index in [1.54, 1.807) is 0 Å². The van der Waals surface area contributed by atoms with Crippen molar-refractivity contribution in [2.75, 3.05) is 38.3 Å². The molecule has 0 saturated carbocycles. The van der Waals surface area contributed by atoms with Gasteiger partial charge in [0.05, 0.1) is 36.1 Å². The van der Waals surface area contributed by atoms with Crippen LogP contribution in [0.2, 0.25) is 0 Å². The molecule has 0 atom stereocenters. The minimum Gasteiger partial charge on any atom is -0.370 e. The number of fused-ring (bicyclic) bond motifs is 1. The maximum Gasteiger partial charge on any atom is 0.142 e. The SMILES string of the molecule is c1ccc(N/N=C(/C[NH+]2CCOCC2)c2cnc3ccccc3n2)cc1. The van der Waals surface area contributed by atoms with Crippen molar-refractivity contribution >= 4 is 22.4 Å². The first-order valence-electron chi connectivity index (χ1n) is 8.89. The van der Waals surface area contributed by atoms with Gasteiger partial charge in [-0.05, 0) is 24.3 Å². The van der Waals surface area contributed by atoms with Gasteiger partial charge in [-0.15, -0.1) is 0 Å². The molecule has 0 bridgehead atoms. The van der Waals surface area contributed by atoms with Crippen molar-refractivity contribution in [2.24, 2.45) is 5.10 Å². The number of nitrogens with zero attached hydrogens (tertiary/aromatic N) is 3. The van der Waals surface area contributed by atoms with E-state index in [1.807, 2.05) is 60.8 Å². The Balaban J connectivity index is 1.63. The summed E-state index contributed by atoms with van der Waals surface area (Å²) in [5.41, 5.74) is 7.61. The summed E-state index contributed by atoms with van der Waals surface area (Å²) in [6.07, 6.45) is 1.81. The minimum absolute atomic E-state index is 0.788. The third-order valence-corrected chi connectivity index (χ3v) is 4.46. The fourth-order valence-electron chi connectivity index (χ4n) is 3.00. The first-order chi connectivity index (χ1) is 12.9. The summed E-state index contributed by atoms with van der Waals surface area (Å²) >= 11 is 0. The van der Waals surface area contributed by atoms with Crippen molar-refractivity contribution < 1.29 is 9.64 Å². The standard InChI is InChI=1S/C20H21N5O/c1-2-6-16(7-3-1)23-24-20(15-25-10-12-26-13-11-25)19-14-21-17-8-4-5-9-18(17)22-19/h1-9,14,23H,10-13,15H2/p+1/b24-20-. The fraction of sp³-hybridized carbons (Fsp3) is 0.250. The molecule has 0 aliphatic carbocycles. The van der Waals surface area contributed by atoms with E-state index < -0.39 is 0 Å². The van der Waals surface area contributed by atoms with Crippen LogP contribution in [0.15, 0.2) is 65.9 Å². The van der Waals surface area contributed by atoms with Crippen LogP contribution in [0, 0.1) is 0 Å². The molecule has 6 heteroatoms. The average molecular weight is 348 g/mol. The van der Waals surface area contributed by atoms with E-state index in [9.17, 15) is 0 Å². The van der Waals surface area contributed by atoms with Gasteiger partial charge >= 0.3 is 0 Å². The molecule has 0 unspecified atom stereocenters. The third-order valence-electron chi connectivity index (χ3n) is 4.46. The molecule has 1 aliphatic rings. The number of nitrogens with one attached hydrogen (secondary N) is 2. The lowest BCUT2D eigenvalue weighted by Crippen LogP contribution is -3.14. The van der Waals surface area contributed by atoms with Gasteiger partial charge in [-0.1, -0.05) is 30.3 Å². The van der Waals surface area contributed by atoms with E-state index >= 15 is 0 Å². The highest BCUT2D eigenvalue weighted by Crippen LogP contribution is 2.10. The van der Waals surface area contributed by atoms with Crippen LogP contribution in [0.1, 0.15) is 5.69 Å². The van der Waals surface area contributed by atoms with Gasteiger partial charge in [0.1, 0.15) is 31.0 Å². The summed E-state index contributed by atoms with van der Waals surface area (Å²) in [5.74, 6) is 0. The van der Waals surface area contributed by atoms with Crippen molar-refractivity contribution in [2.45, 2.75) is 0 Å². The first kappa shape index (κ1) is 16.6. The smallest absolute Gasteiger partial charge is 0.142 e. The normalized spacial score (nSPS) is 15.9. The van der Waals surface area contributed by atoms with Gasteiger partial charge in [0, 0.05) is 0 Å². The first-order valence-corrected chi connectivity index (χ1v) is 8.89. The van der Waals surface area contributed by atoms with Crippen molar-refractivity contribution in [3.05, 3.63) is 66.5 Å². The van der Waals surface area contributed by atoms with Crippen LogP contribution >= 0.6 is 0 Å². The zero-order chi connectivity index (χ0) is 17.6. The number of hydrogen-bond acceptors (Lipinski definition) is 5. The topological polar surface area (TPSA) is 63.8 Å². The van der Waals surface area contributed by atoms with Crippen LogP contribution < -0.4 is 10.3 Å². The van der Waals surface area contributed by atoms with E-state index in [-0.39, 0.29) is 0 Å². The summed E-state index contributed by atoms with van der Waals surface area (Å²) in [5, 5.41) is 4.67. The van der Waals surface area contributed by atoms with Gasteiger partial charge in [0.25, 0.3) is 0 Å². The van der Waals surface area contributed by atoms with Gasteiger partial charge in [0.15, 0.2) is 0 Å². The van der Waals surface area contributed by atoms with Crippen molar-refractivity contribution in [3.8, 4) is 0 Å². The summed E-state index contributed by atoms with van der Waals surface area (Å²) in [6.45, 7) is 4.32. The predicted octanol–water partition coefficient (Wildman–Crippen LogP) is 1.36. The zero-order valence-corrected chi connectivity index (χ0v) is 14.6. The van der Waals surface area contributed by atoms with Gasteiger partial charge in [-0.2, -0.15) is 5.10 Å². The van der Waals surface area contributed by atoms with Crippen LogP contribution in [0.25, 0.3) is 11.0 Å². The van der Waals surface area contributed by atoms with Crippen LogP contribution in [0.4, 0.5) is 5.69 Å². The van der Waals surface area contributed by atoms with Crippen LogP contribution in [-0.4, -0.2) is 48.5 Å². The molecule has 1 saturated heterocycles. The minimum atomic E-state index is 0.788. The second-order valence-corrected chi connectivity index (χ2v) is 6.32. The largest absolute Gasteiger partial charge is 0.370 e. The molecule has 6 nitrogen and oxygen atoms in total. The van der Waals surface area contributed by atoms with E-state index in [2.05, 4.69) is 15.5 Å². The number of rotatable bonds is 5. The summed E-state index contributed by atoms with van der Waals surface area (Å²) in [4.78, 5) is 10.8. The van der Waals surface area contributed by atoms with Crippen LogP contribution in [0.5, 0.6) is 0 Å². The molecule has 4 rings (SSSR count). The Morgan fingerprint density at radius 2 is 1.73 bits per heavy atom. The Morgan fingerprint density at radius 1 is 1.00 bits per heavy atom. The van der Waals surface area contributed by atoms with Crippen LogP contribution in [0.3, 0.4) is 0 Å². The Labute approximate surface area is 152 Å². The van der Waals surface area contributed by atoms with Crippen molar-refractivity contribution in [1.29, 1.82) is 0 Å². The van der Waals surface area contributed by atoms with Crippen molar-refractivity contribution in [3.63, 3.8) is 0 Å². The van der Waals surface area contributed by atoms with Crippen molar-refractivity contribution in [1.82, 2.24) is 9.97 Å². The molecule has 3 aromatic rings. The van der Waals surface area contributed by atoms with E-state index in [0.29, 0.717) is 0 Å². The highest BCUT2D eigenvalue weighted by molar-refractivity contribution is 6.01. The third kappa shape index (κ3) is 4.04. The predicted molar refractivity (Wildman–Crippen MR) is 103 cm³/mol. The molecule has 2 N–H and O–H groups in total. The molecule has 2 heterocycles. The second-order valence-electron chi connectivity index (χ2n) is 6.32. The number of hydrazone groups is 1. The lowest BCUT2D eigenvalue weighted by atomic mass is 10.2. The Kier molecular flexibility index (Phi) is 5.14. The number of ether oxygens (including phenoxy) is 1. The van der Waals surface area contributed by atoms with Gasteiger partial charge in [-0.25, -0.2) is 4.98 Å². The summed E-state index contributed by atoms with van der Waals surface area (Å²) in [6, 6.07) is 17.9. The number of morpholine rings is 1. The fourth-order valence-corrected chi connectivity index (χ4v) is 3.00. The lowest BCUT2D eigenvalue weighted by molar-refractivity contribution is -0.898. The number of para-hydroxylation sites is 3. The molecule has 1 aliphatic heterocycles. The number of anilines is 1. The monoisotopic (exact) mass is 348 g/mol. The van der Waals surface area contributed by atoms with E-state index in [0.717, 1.165) is 61.0 Å². The molecule has 132 valence electrons. The second kappa shape index (κ2) is 8.03. The maximum atomic E-state index is 5.47. The van der Waals surface area contributed by atoms with Gasteiger partial charge < -0.3 is 9.64 Å². The number of benzene rings is 2. The molecule has 26 heavy (non-hydrogen) atoms. The molecule has 1 aromatic heterocycles. The Hall–Kier alpha value is -2.83. The van der Waals surface area contributed by atoms with Crippen LogP contribution in [-0.2, 0) is 4.74 Å². The average Bonchev–Trinajstić information content (AvgIpc) is 2.72. The summed E-state index contributed by atoms with van der Waals surface area (Å²) < 4.78 is 5.47. The number of aromatic nitrogens is 2. The zero-order valence-electron chi connectivity index (χ0n) is 14.6. The van der Waals surface area contributed by atoms with Gasteiger partial charge in [-0.3, -0.25) is 10.4 Å². The summed E-state index contributed by atoms with van der Waals surface area (Å²) in [7, 11) is 0. The molecule has 0 amide bonds. The van der Waals surface area contributed by atoms with Gasteiger partial charge in [0.2, 0.25) is 0 Å². The molecule has 0 radical (unpaired) electrons. The Bertz CT molecular complexity index is 891. The molecular formula is C20H22N5O+. The molecule has 1 fully saturated rings. The molecule has 0 spiro atoms. The van der Waals surface area contributed by atoms with E-state index in [4.69, 9.17) is 9.72 Å². The highest BCUT2D eigenvalue weighted by Gasteiger charge is 2.19. The molecular weight excluding hydrogens is 326 g/mol. The number of quaternary nitrogens is 1. The number of hydrogen-bond donors (Lipinski definition) is 2. The maximum absolute atomic E-state index is 5.47. The Morgan fingerprint density at radius 3 is 2.54 bits per heavy atom. The highest BCUT2D eigenvalue weighted by atomic mass is 16.5. The molecule has 2 aromatic carbocycles.